The Balaban J connectivity index is 1.29. The Bertz CT molecular complexity index is 1550. The number of H-pyrrole nitrogens is 2. The van der Waals surface area contributed by atoms with Gasteiger partial charge in [0.05, 0.1) is 24.1 Å². The Kier molecular flexibility index (Phi) is 5.72. The maximum Gasteiger partial charge on any atom is 0.257 e. The Hall–Kier alpha value is -3.68. The van der Waals surface area contributed by atoms with Crippen molar-refractivity contribution >= 4 is 21.8 Å². The molecule has 7 nitrogen and oxygen atoms in total. The van der Waals surface area contributed by atoms with Crippen molar-refractivity contribution in [2.24, 2.45) is 7.05 Å². The molecular weight excluding hydrogens is 438 g/mol. The van der Waals surface area contributed by atoms with Gasteiger partial charge in [0.25, 0.3) is 5.56 Å². The van der Waals surface area contributed by atoms with Crippen molar-refractivity contribution in [1.29, 1.82) is 0 Å². The van der Waals surface area contributed by atoms with E-state index in [4.69, 9.17) is 4.74 Å². The van der Waals surface area contributed by atoms with E-state index in [1.807, 2.05) is 37.6 Å². The molecule has 1 aliphatic heterocycles. The van der Waals surface area contributed by atoms with Crippen LogP contribution in [0.25, 0.3) is 44.2 Å². The normalized spacial score (nSPS) is 15.1. The molecule has 1 saturated heterocycles. The van der Waals surface area contributed by atoms with Crippen molar-refractivity contribution in [3.8, 4) is 22.4 Å². The quantitative estimate of drug-likeness (QED) is 0.403. The third kappa shape index (κ3) is 4.52. The summed E-state index contributed by atoms with van der Waals surface area (Å²) in [4.78, 5) is 21.9. The molecule has 4 heterocycles. The number of hydrogen-bond acceptors (Lipinski definition) is 4. The summed E-state index contributed by atoms with van der Waals surface area (Å²) in [6.45, 7) is 4.83. The van der Waals surface area contributed by atoms with E-state index < -0.39 is 0 Å². The van der Waals surface area contributed by atoms with Crippen molar-refractivity contribution in [2.45, 2.75) is 12.8 Å². The van der Waals surface area contributed by atoms with Crippen molar-refractivity contribution in [2.75, 3.05) is 32.8 Å². The molecule has 6 rings (SSSR count). The number of aromatic nitrogens is 4. The lowest BCUT2D eigenvalue weighted by Gasteiger charge is -2.18. The molecule has 0 saturated carbocycles. The Morgan fingerprint density at radius 3 is 2.69 bits per heavy atom. The van der Waals surface area contributed by atoms with Gasteiger partial charge in [0.15, 0.2) is 0 Å². The number of rotatable bonds is 5. The number of nitrogens with zero attached hydrogens (tertiary/aromatic N) is 3. The molecule has 7 heteroatoms. The van der Waals surface area contributed by atoms with Gasteiger partial charge in [-0.1, -0.05) is 12.1 Å². The predicted molar refractivity (Wildman–Crippen MR) is 140 cm³/mol. The van der Waals surface area contributed by atoms with Crippen molar-refractivity contribution in [1.82, 2.24) is 24.6 Å². The number of fused-ring (bicyclic) bond motifs is 2. The van der Waals surface area contributed by atoms with Crippen molar-refractivity contribution in [3.05, 3.63) is 76.8 Å². The van der Waals surface area contributed by atoms with E-state index in [0.717, 1.165) is 84.3 Å². The van der Waals surface area contributed by atoms with Gasteiger partial charge in [0.1, 0.15) is 0 Å². The number of benzene rings is 2. The topological polar surface area (TPSA) is 78.9 Å². The van der Waals surface area contributed by atoms with E-state index in [2.05, 4.69) is 50.3 Å². The average molecular weight is 468 g/mol. The van der Waals surface area contributed by atoms with Crippen LogP contribution in [0.5, 0.6) is 0 Å². The fourth-order valence-electron chi connectivity index (χ4n) is 4.95. The minimum Gasteiger partial charge on any atom is -0.380 e. The van der Waals surface area contributed by atoms with E-state index >= 15 is 0 Å². The minimum absolute atomic E-state index is 0.0956. The van der Waals surface area contributed by atoms with E-state index in [1.54, 1.807) is 4.68 Å². The number of hydrogen-bond donors (Lipinski definition) is 2. The molecule has 0 radical (unpaired) electrons. The molecule has 1 fully saturated rings. The first-order chi connectivity index (χ1) is 17.1. The summed E-state index contributed by atoms with van der Waals surface area (Å²) >= 11 is 0. The lowest BCUT2D eigenvalue weighted by Crippen LogP contribution is -2.28. The second-order valence-electron chi connectivity index (χ2n) is 9.38. The first kappa shape index (κ1) is 21.8. The summed E-state index contributed by atoms with van der Waals surface area (Å²) in [6, 6.07) is 16.7. The van der Waals surface area contributed by atoms with E-state index in [-0.39, 0.29) is 5.56 Å². The van der Waals surface area contributed by atoms with Gasteiger partial charge in [-0.2, -0.15) is 5.10 Å². The molecular formula is C28H29N5O2. The highest BCUT2D eigenvalue weighted by Crippen LogP contribution is 2.27. The van der Waals surface area contributed by atoms with Crippen LogP contribution in [0.2, 0.25) is 0 Å². The lowest BCUT2D eigenvalue weighted by molar-refractivity contribution is 0.141. The van der Waals surface area contributed by atoms with Crippen LogP contribution in [0.3, 0.4) is 0 Å². The third-order valence-electron chi connectivity index (χ3n) is 6.89. The van der Waals surface area contributed by atoms with Gasteiger partial charge in [-0.15, -0.1) is 0 Å². The molecule has 0 bridgehead atoms. The largest absolute Gasteiger partial charge is 0.380 e. The second kappa shape index (κ2) is 9.17. The van der Waals surface area contributed by atoms with Crippen LogP contribution in [0.15, 0.2) is 65.7 Å². The second-order valence-corrected chi connectivity index (χ2v) is 9.38. The van der Waals surface area contributed by atoms with Gasteiger partial charge >= 0.3 is 0 Å². The van der Waals surface area contributed by atoms with Crippen LogP contribution in [-0.4, -0.2) is 57.5 Å². The van der Waals surface area contributed by atoms with Crippen LogP contribution >= 0.6 is 0 Å². The maximum absolute atomic E-state index is 12.9. The van der Waals surface area contributed by atoms with Crippen LogP contribution in [0, 0.1) is 0 Å². The molecule has 2 aromatic carbocycles. The SMILES string of the molecule is Cn1cc(-c2ccc3[nH]c(=O)c(-c4cc5cc(CCN6CCCOCC6)ccc5[nH]4)cc3c2)cn1. The lowest BCUT2D eigenvalue weighted by atomic mass is 10.0. The van der Waals surface area contributed by atoms with Crippen molar-refractivity contribution < 1.29 is 4.74 Å². The van der Waals surface area contributed by atoms with Gasteiger partial charge in [-0.3, -0.25) is 9.48 Å². The number of pyridine rings is 1. The fraction of sp³-hybridized carbons (Fsp3) is 0.286. The van der Waals surface area contributed by atoms with Crippen LogP contribution < -0.4 is 5.56 Å². The molecule has 0 atom stereocenters. The fourth-order valence-corrected chi connectivity index (χ4v) is 4.95. The standard InChI is InChI=1S/C28H29N5O2/c1-32-18-23(17-29-32)20-4-6-26-22(14-20)15-24(28(34)31-26)27-16-21-13-19(3-5-25(21)30-27)7-9-33-8-2-11-35-12-10-33/h3-6,13-18,30H,2,7-12H2,1H3,(H,31,34). The third-order valence-corrected chi connectivity index (χ3v) is 6.89. The molecule has 5 aromatic rings. The number of ether oxygens (including phenoxy) is 1. The van der Waals surface area contributed by atoms with Gasteiger partial charge in [-0.25, -0.2) is 0 Å². The summed E-state index contributed by atoms with van der Waals surface area (Å²) in [6.07, 6.45) is 5.95. The monoisotopic (exact) mass is 467 g/mol. The molecule has 0 amide bonds. The van der Waals surface area contributed by atoms with Crippen LogP contribution in [0.4, 0.5) is 0 Å². The zero-order valence-corrected chi connectivity index (χ0v) is 19.9. The van der Waals surface area contributed by atoms with Crippen LogP contribution in [0.1, 0.15) is 12.0 Å². The molecule has 1 aliphatic rings. The summed E-state index contributed by atoms with van der Waals surface area (Å²) in [5.74, 6) is 0. The molecule has 2 N–H and O–H groups in total. The molecule has 0 spiro atoms. The molecule has 3 aromatic heterocycles. The predicted octanol–water partition coefficient (Wildman–Crippen LogP) is 4.34. The number of nitrogens with one attached hydrogen (secondary N) is 2. The number of aromatic amines is 2. The molecule has 0 aliphatic carbocycles. The highest BCUT2D eigenvalue weighted by atomic mass is 16.5. The van der Waals surface area contributed by atoms with E-state index in [0.29, 0.717) is 5.56 Å². The summed E-state index contributed by atoms with van der Waals surface area (Å²) < 4.78 is 7.36. The van der Waals surface area contributed by atoms with E-state index in [9.17, 15) is 4.79 Å². The Morgan fingerprint density at radius 1 is 0.943 bits per heavy atom. The molecule has 178 valence electrons. The first-order valence-corrected chi connectivity index (χ1v) is 12.2. The zero-order chi connectivity index (χ0) is 23.8. The van der Waals surface area contributed by atoms with Gasteiger partial charge in [0.2, 0.25) is 0 Å². The van der Waals surface area contributed by atoms with Crippen LogP contribution in [-0.2, 0) is 18.2 Å². The smallest absolute Gasteiger partial charge is 0.257 e. The highest BCUT2D eigenvalue weighted by Gasteiger charge is 2.12. The van der Waals surface area contributed by atoms with E-state index in [1.165, 1.54) is 5.56 Å². The zero-order valence-electron chi connectivity index (χ0n) is 19.9. The Morgan fingerprint density at radius 2 is 1.80 bits per heavy atom. The summed E-state index contributed by atoms with van der Waals surface area (Å²) in [5, 5.41) is 6.39. The highest BCUT2D eigenvalue weighted by molar-refractivity contribution is 5.90. The maximum atomic E-state index is 12.9. The number of aryl methyl sites for hydroxylation is 1. The summed E-state index contributed by atoms with van der Waals surface area (Å²) in [5.41, 5.74) is 6.66. The molecule has 35 heavy (non-hydrogen) atoms. The van der Waals surface area contributed by atoms with Gasteiger partial charge < -0.3 is 19.6 Å². The average Bonchev–Trinajstić information content (AvgIpc) is 3.39. The molecule has 0 unspecified atom stereocenters. The first-order valence-electron chi connectivity index (χ1n) is 12.2. The Labute approximate surface area is 203 Å². The van der Waals surface area contributed by atoms with Crippen molar-refractivity contribution in [3.63, 3.8) is 0 Å². The van der Waals surface area contributed by atoms with Gasteiger partial charge in [-0.05, 0) is 65.8 Å². The minimum atomic E-state index is -0.0956. The summed E-state index contributed by atoms with van der Waals surface area (Å²) in [7, 11) is 1.91. The van der Waals surface area contributed by atoms with Gasteiger partial charge in [0, 0.05) is 61.5 Å².